The second-order valence-corrected chi connectivity index (χ2v) is 6.20. The lowest BCUT2D eigenvalue weighted by Crippen LogP contribution is -2.45. The summed E-state index contributed by atoms with van der Waals surface area (Å²) in [7, 11) is 0. The number of nitro benzene ring substituents is 1. The summed E-state index contributed by atoms with van der Waals surface area (Å²) in [5.41, 5.74) is 1.39. The van der Waals surface area contributed by atoms with Crippen LogP contribution in [0.15, 0.2) is 12.1 Å². The Balaban J connectivity index is 1.88. The van der Waals surface area contributed by atoms with E-state index in [9.17, 15) is 14.9 Å². The number of nitrogens with zero attached hydrogens (tertiary/aromatic N) is 2. The molecule has 0 N–H and O–H groups in total. The van der Waals surface area contributed by atoms with Crippen molar-refractivity contribution in [3.63, 3.8) is 0 Å². The summed E-state index contributed by atoms with van der Waals surface area (Å²) in [6.07, 6.45) is 2.69. The van der Waals surface area contributed by atoms with Gasteiger partial charge in [-0.25, -0.2) is 0 Å². The number of ether oxygens (including phenoxy) is 3. The zero-order chi connectivity index (χ0) is 17.8. The SMILES string of the molecule is CCOC(=O)C1CCCCN1Cc1cc([N+](=O)[O-])cc2c1OCOC2. The van der Waals surface area contributed by atoms with Gasteiger partial charge in [-0.2, -0.15) is 0 Å². The average molecular weight is 350 g/mol. The molecular formula is C17H22N2O6. The van der Waals surface area contributed by atoms with Gasteiger partial charge < -0.3 is 14.2 Å². The summed E-state index contributed by atoms with van der Waals surface area (Å²) in [4.78, 5) is 25.1. The first-order chi connectivity index (χ1) is 12.1. The van der Waals surface area contributed by atoms with E-state index >= 15 is 0 Å². The zero-order valence-electron chi connectivity index (χ0n) is 14.2. The third-order valence-corrected chi connectivity index (χ3v) is 4.53. The summed E-state index contributed by atoms with van der Waals surface area (Å²) >= 11 is 0. The Morgan fingerprint density at radius 1 is 1.44 bits per heavy atom. The molecule has 1 fully saturated rings. The number of carbonyl (C=O) groups is 1. The van der Waals surface area contributed by atoms with Gasteiger partial charge in [0.05, 0.1) is 18.1 Å². The van der Waals surface area contributed by atoms with Gasteiger partial charge in [-0.1, -0.05) is 6.42 Å². The molecule has 1 saturated heterocycles. The van der Waals surface area contributed by atoms with Crippen LogP contribution in [0.4, 0.5) is 5.69 Å². The number of rotatable bonds is 5. The highest BCUT2D eigenvalue weighted by atomic mass is 16.7. The maximum atomic E-state index is 12.2. The summed E-state index contributed by atoms with van der Waals surface area (Å²) in [5, 5.41) is 11.2. The first-order valence-corrected chi connectivity index (χ1v) is 8.51. The summed E-state index contributed by atoms with van der Waals surface area (Å²) in [5.74, 6) is 0.399. The monoisotopic (exact) mass is 350 g/mol. The fourth-order valence-corrected chi connectivity index (χ4v) is 3.41. The number of esters is 1. The van der Waals surface area contributed by atoms with E-state index < -0.39 is 4.92 Å². The largest absolute Gasteiger partial charge is 0.467 e. The molecule has 0 aromatic heterocycles. The van der Waals surface area contributed by atoms with Crippen LogP contribution >= 0.6 is 0 Å². The van der Waals surface area contributed by atoms with E-state index in [1.807, 2.05) is 4.90 Å². The minimum absolute atomic E-state index is 0.00699. The average Bonchev–Trinajstić information content (AvgIpc) is 2.62. The minimum Gasteiger partial charge on any atom is -0.467 e. The van der Waals surface area contributed by atoms with Crippen LogP contribution in [0.25, 0.3) is 0 Å². The van der Waals surface area contributed by atoms with Crippen molar-refractivity contribution < 1.29 is 23.9 Å². The molecule has 1 aromatic carbocycles. The van der Waals surface area contributed by atoms with Gasteiger partial charge in [0.15, 0.2) is 6.79 Å². The highest BCUT2D eigenvalue weighted by Crippen LogP contribution is 2.34. The van der Waals surface area contributed by atoms with Crippen LogP contribution in [0.5, 0.6) is 5.75 Å². The Morgan fingerprint density at radius 3 is 3.04 bits per heavy atom. The normalized spacial score (nSPS) is 20.4. The Bertz CT molecular complexity index is 663. The van der Waals surface area contributed by atoms with E-state index in [0.717, 1.165) is 25.8 Å². The highest BCUT2D eigenvalue weighted by molar-refractivity contribution is 5.76. The number of carbonyl (C=O) groups excluding carboxylic acids is 1. The first-order valence-electron chi connectivity index (χ1n) is 8.51. The van der Waals surface area contributed by atoms with Crippen molar-refractivity contribution in [3.05, 3.63) is 33.4 Å². The molecule has 1 aromatic rings. The van der Waals surface area contributed by atoms with E-state index in [-0.39, 0.29) is 31.1 Å². The van der Waals surface area contributed by atoms with Crippen LogP contribution in [0.1, 0.15) is 37.3 Å². The van der Waals surface area contributed by atoms with Crippen molar-refractivity contribution in [1.29, 1.82) is 0 Å². The van der Waals surface area contributed by atoms with E-state index in [0.29, 0.717) is 30.0 Å². The number of hydrogen-bond donors (Lipinski definition) is 0. The summed E-state index contributed by atoms with van der Waals surface area (Å²) < 4.78 is 16.0. The van der Waals surface area contributed by atoms with E-state index in [2.05, 4.69) is 0 Å². The van der Waals surface area contributed by atoms with Crippen molar-refractivity contribution in [3.8, 4) is 5.75 Å². The predicted octanol–water partition coefficient (Wildman–Crippen LogP) is 2.38. The molecule has 2 aliphatic heterocycles. The van der Waals surface area contributed by atoms with Crippen LogP contribution in [0.2, 0.25) is 0 Å². The number of non-ortho nitro benzene ring substituents is 1. The zero-order valence-corrected chi connectivity index (χ0v) is 14.2. The Labute approximate surface area is 145 Å². The van der Waals surface area contributed by atoms with E-state index in [4.69, 9.17) is 14.2 Å². The molecule has 8 heteroatoms. The third-order valence-electron chi connectivity index (χ3n) is 4.53. The van der Waals surface area contributed by atoms with Crippen molar-refractivity contribution in [2.75, 3.05) is 19.9 Å². The Kier molecular flexibility index (Phi) is 5.50. The van der Waals surface area contributed by atoms with E-state index in [1.54, 1.807) is 6.92 Å². The quantitative estimate of drug-likeness (QED) is 0.457. The molecule has 1 unspecified atom stereocenters. The van der Waals surface area contributed by atoms with Gasteiger partial charge in [0.25, 0.3) is 5.69 Å². The molecule has 0 saturated carbocycles. The maximum Gasteiger partial charge on any atom is 0.323 e. The molecule has 25 heavy (non-hydrogen) atoms. The van der Waals surface area contributed by atoms with Crippen LogP contribution in [-0.4, -0.2) is 41.8 Å². The molecule has 136 valence electrons. The van der Waals surface area contributed by atoms with Gasteiger partial charge in [0, 0.05) is 29.8 Å². The fraction of sp³-hybridized carbons (Fsp3) is 0.588. The summed E-state index contributed by atoms with van der Waals surface area (Å²) in [6, 6.07) is 2.70. The molecule has 0 spiro atoms. The van der Waals surface area contributed by atoms with Gasteiger partial charge in [-0.15, -0.1) is 0 Å². The number of fused-ring (bicyclic) bond motifs is 1. The van der Waals surface area contributed by atoms with Crippen molar-refractivity contribution in [2.45, 2.75) is 45.4 Å². The van der Waals surface area contributed by atoms with Crippen LogP contribution in [-0.2, 0) is 27.4 Å². The molecule has 3 rings (SSSR count). The molecule has 0 bridgehead atoms. The molecule has 0 amide bonds. The molecule has 8 nitrogen and oxygen atoms in total. The topological polar surface area (TPSA) is 91.1 Å². The van der Waals surface area contributed by atoms with Gasteiger partial charge in [-0.3, -0.25) is 19.8 Å². The lowest BCUT2D eigenvalue weighted by Gasteiger charge is -2.34. The highest BCUT2D eigenvalue weighted by Gasteiger charge is 2.31. The number of piperidine rings is 1. The summed E-state index contributed by atoms with van der Waals surface area (Å²) in [6.45, 7) is 3.70. The molecular weight excluding hydrogens is 328 g/mol. The minimum atomic E-state index is -0.419. The van der Waals surface area contributed by atoms with Crippen molar-refractivity contribution in [1.82, 2.24) is 4.90 Å². The van der Waals surface area contributed by atoms with E-state index in [1.165, 1.54) is 12.1 Å². The second kappa shape index (κ2) is 7.79. The second-order valence-electron chi connectivity index (χ2n) is 6.20. The number of nitro groups is 1. The van der Waals surface area contributed by atoms with Gasteiger partial charge >= 0.3 is 5.97 Å². The molecule has 2 aliphatic rings. The van der Waals surface area contributed by atoms with Gasteiger partial charge in [0.1, 0.15) is 11.8 Å². The van der Waals surface area contributed by atoms with Crippen LogP contribution in [0, 0.1) is 10.1 Å². The lowest BCUT2D eigenvalue weighted by atomic mass is 10.00. The standard InChI is InChI=1S/C17H22N2O6/c1-2-24-17(20)15-5-3-4-6-18(15)9-12-7-14(19(21)22)8-13-10-23-11-25-16(12)13/h7-8,15H,2-6,9-11H2,1H3. The maximum absolute atomic E-state index is 12.2. The smallest absolute Gasteiger partial charge is 0.323 e. The van der Waals surface area contributed by atoms with Gasteiger partial charge in [-0.05, 0) is 26.3 Å². The Morgan fingerprint density at radius 2 is 2.28 bits per heavy atom. The lowest BCUT2D eigenvalue weighted by molar-refractivity contribution is -0.385. The number of hydrogen-bond acceptors (Lipinski definition) is 7. The number of likely N-dealkylation sites (tertiary alicyclic amines) is 1. The first kappa shape index (κ1) is 17.6. The Hall–Kier alpha value is -2.19. The van der Waals surface area contributed by atoms with Crippen molar-refractivity contribution >= 4 is 11.7 Å². The fourth-order valence-electron chi connectivity index (χ4n) is 3.41. The van der Waals surface area contributed by atoms with Crippen molar-refractivity contribution in [2.24, 2.45) is 0 Å². The predicted molar refractivity (Wildman–Crippen MR) is 88.1 cm³/mol. The molecule has 0 aliphatic carbocycles. The third kappa shape index (κ3) is 3.91. The van der Waals surface area contributed by atoms with Crippen LogP contribution in [0.3, 0.4) is 0 Å². The van der Waals surface area contributed by atoms with Crippen LogP contribution < -0.4 is 4.74 Å². The molecule has 1 atom stereocenters. The number of benzene rings is 1. The molecule has 0 radical (unpaired) electrons. The van der Waals surface area contributed by atoms with Gasteiger partial charge in [0.2, 0.25) is 0 Å². The molecule has 2 heterocycles.